The van der Waals surface area contributed by atoms with Gasteiger partial charge in [-0.15, -0.1) is 0 Å². The van der Waals surface area contributed by atoms with Gasteiger partial charge in [-0.1, -0.05) is 91.0 Å². The largest absolute Gasteiger partial charge is 0.489 e. The second-order valence-corrected chi connectivity index (χ2v) is 11.3. The van der Waals surface area contributed by atoms with Gasteiger partial charge in [0.15, 0.2) is 0 Å². The van der Waals surface area contributed by atoms with Crippen LogP contribution in [-0.2, 0) is 42.0 Å². The molecule has 2 unspecified atom stereocenters. The minimum Gasteiger partial charge on any atom is -0.489 e. The summed E-state index contributed by atoms with van der Waals surface area (Å²) < 4.78 is 5.90. The van der Waals surface area contributed by atoms with Crippen molar-refractivity contribution in [2.75, 3.05) is 0 Å². The first-order valence-corrected chi connectivity index (χ1v) is 14.8. The van der Waals surface area contributed by atoms with Gasteiger partial charge < -0.3 is 20.7 Å². The number of nitrogens with two attached hydrogens (primary N) is 1. The Morgan fingerprint density at radius 1 is 0.833 bits per heavy atom. The van der Waals surface area contributed by atoms with Crippen molar-refractivity contribution in [1.82, 2.24) is 10.2 Å². The molecule has 42 heavy (non-hydrogen) atoms. The van der Waals surface area contributed by atoms with Crippen LogP contribution < -0.4 is 15.8 Å². The summed E-state index contributed by atoms with van der Waals surface area (Å²) in [4.78, 5) is 29.4. The number of fused-ring (bicyclic) bond motifs is 2. The molecule has 0 saturated heterocycles. The van der Waals surface area contributed by atoms with E-state index in [1.807, 2.05) is 84.9 Å². The maximum absolute atomic E-state index is 13.8. The monoisotopic (exact) mass is 559 g/mol. The van der Waals surface area contributed by atoms with Gasteiger partial charge in [0.2, 0.25) is 11.8 Å². The van der Waals surface area contributed by atoms with Gasteiger partial charge in [0.25, 0.3) is 0 Å². The first-order chi connectivity index (χ1) is 20.5. The van der Waals surface area contributed by atoms with E-state index in [9.17, 15) is 9.59 Å². The summed E-state index contributed by atoms with van der Waals surface area (Å²) in [5, 5.41) is 3.29. The summed E-state index contributed by atoms with van der Waals surface area (Å²) >= 11 is 0. The molecule has 3 atom stereocenters. The van der Waals surface area contributed by atoms with Crippen LogP contribution in [0.1, 0.15) is 52.3 Å². The van der Waals surface area contributed by atoms with Crippen molar-refractivity contribution in [3.63, 3.8) is 0 Å². The maximum Gasteiger partial charge on any atom is 0.243 e. The Labute approximate surface area is 247 Å². The van der Waals surface area contributed by atoms with Crippen molar-refractivity contribution in [3.05, 3.63) is 137 Å². The summed E-state index contributed by atoms with van der Waals surface area (Å²) in [5.41, 5.74) is 13.2. The van der Waals surface area contributed by atoms with E-state index in [1.165, 1.54) is 11.1 Å². The number of ether oxygens (including phenoxy) is 1. The molecule has 6 heteroatoms. The lowest BCUT2D eigenvalue weighted by atomic mass is 9.87. The molecule has 1 aliphatic carbocycles. The van der Waals surface area contributed by atoms with E-state index < -0.39 is 12.1 Å². The fourth-order valence-corrected chi connectivity index (χ4v) is 6.18. The Balaban J connectivity index is 1.14. The zero-order valence-corrected chi connectivity index (χ0v) is 23.7. The summed E-state index contributed by atoms with van der Waals surface area (Å²) in [6.07, 6.45) is 3.80. The Morgan fingerprint density at radius 2 is 1.52 bits per heavy atom. The van der Waals surface area contributed by atoms with Gasteiger partial charge in [-0.05, 0) is 71.2 Å². The van der Waals surface area contributed by atoms with Crippen molar-refractivity contribution in [1.29, 1.82) is 0 Å². The smallest absolute Gasteiger partial charge is 0.243 e. The second-order valence-electron chi connectivity index (χ2n) is 11.3. The lowest BCUT2D eigenvalue weighted by Gasteiger charge is -2.38. The van der Waals surface area contributed by atoms with Gasteiger partial charge in [0.05, 0.1) is 12.1 Å². The number of hydrogen-bond donors (Lipinski definition) is 2. The van der Waals surface area contributed by atoms with Gasteiger partial charge in [-0.3, -0.25) is 9.59 Å². The average molecular weight is 560 g/mol. The predicted octanol–water partition coefficient (Wildman–Crippen LogP) is 5.28. The van der Waals surface area contributed by atoms with Gasteiger partial charge in [0, 0.05) is 13.0 Å². The highest BCUT2D eigenvalue weighted by atomic mass is 16.5. The number of carbonyl (C=O) groups excluding carboxylic acids is 2. The summed E-state index contributed by atoms with van der Waals surface area (Å²) in [5.74, 6) is 0.431. The Hall–Kier alpha value is -4.42. The molecule has 2 aliphatic rings. The lowest BCUT2D eigenvalue weighted by Crippen LogP contribution is -2.57. The molecule has 0 saturated carbocycles. The molecule has 6 rings (SSSR count). The van der Waals surface area contributed by atoms with Crippen molar-refractivity contribution >= 4 is 11.8 Å². The molecule has 4 aromatic carbocycles. The molecule has 1 heterocycles. The van der Waals surface area contributed by atoms with Crippen molar-refractivity contribution in [2.24, 2.45) is 5.73 Å². The van der Waals surface area contributed by atoms with E-state index in [2.05, 4.69) is 23.5 Å². The minimum atomic E-state index is -0.767. The fourth-order valence-electron chi connectivity index (χ4n) is 6.18. The zero-order chi connectivity index (χ0) is 28.9. The molecular weight excluding hydrogens is 522 g/mol. The third kappa shape index (κ3) is 6.24. The van der Waals surface area contributed by atoms with Crippen molar-refractivity contribution in [3.8, 4) is 5.75 Å². The van der Waals surface area contributed by atoms with Gasteiger partial charge in [-0.2, -0.15) is 0 Å². The standard InChI is InChI=1S/C36H37N3O3/c37-32(21-25-17-19-30(20-18-25)42-24-26-9-2-1-3-10-26)36(41)39-23-29-13-5-4-12-28(29)22-34(39)35(40)38-33-16-8-14-27-11-6-7-15-31(27)33/h1-7,9-13,15,17-20,32-34H,8,14,16,21-24,37H2,(H,38,40)/t32?,33?,34-/m0/s1. The first-order valence-electron chi connectivity index (χ1n) is 14.8. The normalized spacial score (nSPS) is 18.4. The molecule has 3 N–H and O–H groups in total. The molecule has 0 aromatic heterocycles. The number of benzene rings is 4. The quantitative estimate of drug-likeness (QED) is 0.308. The zero-order valence-electron chi connectivity index (χ0n) is 23.7. The number of carbonyl (C=O) groups is 2. The van der Waals surface area contributed by atoms with Crippen molar-refractivity contribution < 1.29 is 14.3 Å². The van der Waals surface area contributed by atoms with E-state index in [0.717, 1.165) is 47.3 Å². The highest BCUT2D eigenvalue weighted by Gasteiger charge is 2.37. The van der Waals surface area contributed by atoms with E-state index in [-0.39, 0.29) is 17.9 Å². The molecular formula is C36H37N3O3. The van der Waals surface area contributed by atoms with E-state index >= 15 is 0 Å². The Kier molecular flexibility index (Phi) is 8.33. The van der Waals surface area contributed by atoms with Crippen LogP contribution in [0, 0.1) is 0 Å². The molecule has 6 nitrogen and oxygen atoms in total. The van der Waals surface area contributed by atoms with Gasteiger partial charge >= 0.3 is 0 Å². The van der Waals surface area contributed by atoms with Gasteiger partial charge in [-0.25, -0.2) is 0 Å². The number of hydrogen-bond acceptors (Lipinski definition) is 4. The van der Waals surface area contributed by atoms with Crippen LogP contribution >= 0.6 is 0 Å². The number of nitrogens with one attached hydrogen (secondary N) is 1. The predicted molar refractivity (Wildman–Crippen MR) is 164 cm³/mol. The van der Waals surface area contributed by atoms with Crippen LogP contribution in [0.4, 0.5) is 0 Å². The molecule has 2 amide bonds. The van der Waals surface area contributed by atoms with E-state index in [0.29, 0.717) is 26.0 Å². The molecule has 0 bridgehead atoms. The summed E-state index contributed by atoms with van der Waals surface area (Å²) in [6, 6.07) is 32.7. The molecule has 4 aromatic rings. The van der Waals surface area contributed by atoms with E-state index in [1.54, 1.807) is 4.90 Å². The topological polar surface area (TPSA) is 84.7 Å². The first kappa shape index (κ1) is 27.7. The van der Waals surface area contributed by atoms with Gasteiger partial charge in [0.1, 0.15) is 18.4 Å². The average Bonchev–Trinajstić information content (AvgIpc) is 3.04. The molecule has 1 aliphatic heterocycles. The minimum absolute atomic E-state index is 0.0483. The van der Waals surface area contributed by atoms with Crippen LogP contribution in [0.15, 0.2) is 103 Å². The molecule has 214 valence electrons. The molecule has 0 fully saturated rings. The summed E-state index contributed by atoms with van der Waals surface area (Å²) in [6.45, 7) is 0.860. The third-order valence-corrected chi connectivity index (χ3v) is 8.46. The highest BCUT2D eigenvalue weighted by Crippen LogP contribution is 2.31. The van der Waals surface area contributed by atoms with Crippen LogP contribution in [0.3, 0.4) is 0 Å². The number of nitrogens with zero attached hydrogens (tertiary/aromatic N) is 1. The molecule has 0 radical (unpaired) electrons. The number of rotatable bonds is 8. The number of aryl methyl sites for hydroxylation is 1. The maximum atomic E-state index is 13.8. The second kappa shape index (κ2) is 12.6. The lowest BCUT2D eigenvalue weighted by molar-refractivity contribution is -0.143. The Morgan fingerprint density at radius 3 is 2.31 bits per heavy atom. The summed E-state index contributed by atoms with van der Waals surface area (Å²) in [7, 11) is 0. The van der Waals surface area contributed by atoms with Crippen LogP contribution in [0.2, 0.25) is 0 Å². The third-order valence-electron chi connectivity index (χ3n) is 8.46. The van der Waals surface area contributed by atoms with Crippen molar-refractivity contribution in [2.45, 2.75) is 63.4 Å². The Bertz CT molecular complexity index is 1540. The highest BCUT2D eigenvalue weighted by molar-refractivity contribution is 5.91. The number of amides is 2. The van der Waals surface area contributed by atoms with E-state index in [4.69, 9.17) is 10.5 Å². The van der Waals surface area contributed by atoms with Crippen LogP contribution in [0.5, 0.6) is 5.75 Å². The SMILES string of the molecule is NC(Cc1ccc(OCc2ccccc2)cc1)C(=O)N1Cc2ccccc2C[C@H]1C(=O)NC1CCCc2ccccc21. The van der Waals surface area contributed by atoms with Crippen LogP contribution in [-0.4, -0.2) is 28.8 Å². The van der Waals surface area contributed by atoms with Crippen LogP contribution in [0.25, 0.3) is 0 Å². The molecule has 0 spiro atoms. The fraction of sp³-hybridized carbons (Fsp3) is 0.278.